The van der Waals surface area contributed by atoms with Crippen LogP contribution in [0.25, 0.3) is 0 Å². The van der Waals surface area contributed by atoms with Crippen molar-refractivity contribution in [2.24, 2.45) is 5.92 Å². The zero-order valence-electron chi connectivity index (χ0n) is 7.70. The summed E-state index contributed by atoms with van der Waals surface area (Å²) >= 11 is 0. The fraction of sp³-hybridized carbons (Fsp3) is 0.889. The molecule has 74 valence electrons. The van der Waals surface area contributed by atoms with Gasteiger partial charge in [-0.2, -0.15) is 0 Å². The largest absolute Gasteiger partial charge is 0.396 e. The van der Waals surface area contributed by atoms with Crippen molar-refractivity contribution in [2.45, 2.75) is 25.3 Å². The molecule has 2 amide bonds. The van der Waals surface area contributed by atoms with E-state index in [-0.39, 0.29) is 12.6 Å². The second-order valence-corrected chi connectivity index (χ2v) is 4.03. The minimum Gasteiger partial charge on any atom is -0.396 e. The van der Waals surface area contributed by atoms with Crippen LogP contribution in [0.3, 0.4) is 0 Å². The van der Waals surface area contributed by atoms with Crippen LogP contribution in [0.5, 0.6) is 0 Å². The summed E-state index contributed by atoms with van der Waals surface area (Å²) in [6, 6.07) is 0.468. The summed E-state index contributed by atoms with van der Waals surface area (Å²) in [4.78, 5) is 13.2. The average molecular weight is 184 g/mol. The molecule has 2 fully saturated rings. The van der Waals surface area contributed by atoms with Gasteiger partial charge in [0.2, 0.25) is 0 Å². The van der Waals surface area contributed by atoms with E-state index in [0.717, 1.165) is 25.9 Å². The predicted molar refractivity (Wildman–Crippen MR) is 48.3 cm³/mol. The molecule has 1 aliphatic carbocycles. The quantitative estimate of drug-likeness (QED) is 0.643. The maximum absolute atomic E-state index is 11.4. The fourth-order valence-electron chi connectivity index (χ4n) is 1.67. The zero-order chi connectivity index (χ0) is 9.26. The Labute approximate surface area is 77.9 Å². The summed E-state index contributed by atoms with van der Waals surface area (Å²) in [6.45, 7) is 1.64. The van der Waals surface area contributed by atoms with Crippen LogP contribution < -0.4 is 5.32 Å². The van der Waals surface area contributed by atoms with Gasteiger partial charge in [0.15, 0.2) is 0 Å². The van der Waals surface area contributed by atoms with Gasteiger partial charge < -0.3 is 15.3 Å². The monoisotopic (exact) mass is 184 g/mol. The van der Waals surface area contributed by atoms with E-state index in [1.807, 2.05) is 0 Å². The fourth-order valence-corrected chi connectivity index (χ4v) is 1.67. The minimum atomic E-state index is 0.0504. The van der Waals surface area contributed by atoms with E-state index in [2.05, 4.69) is 5.32 Å². The number of urea groups is 1. The van der Waals surface area contributed by atoms with E-state index < -0.39 is 0 Å². The summed E-state index contributed by atoms with van der Waals surface area (Å²) in [5.41, 5.74) is 0. The molecule has 0 radical (unpaired) electrons. The molecule has 0 unspecified atom stereocenters. The van der Waals surface area contributed by atoms with Crippen molar-refractivity contribution in [3.8, 4) is 0 Å². The molecule has 0 atom stereocenters. The molecule has 2 rings (SSSR count). The number of carbonyl (C=O) groups is 1. The second-order valence-electron chi connectivity index (χ2n) is 4.03. The average Bonchev–Trinajstić information content (AvgIpc) is 1.95. The third-order valence-corrected chi connectivity index (χ3v) is 2.94. The van der Waals surface area contributed by atoms with E-state index in [4.69, 9.17) is 5.11 Å². The highest BCUT2D eigenvalue weighted by atomic mass is 16.3. The molecule has 1 heterocycles. The molecule has 1 saturated heterocycles. The van der Waals surface area contributed by atoms with Gasteiger partial charge >= 0.3 is 6.03 Å². The minimum absolute atomic E-state index is 0.0504. The van der Waals surface area contributed by atoms with Gasteiger partial charge in [0.25, 0.3) is 0 Å². The Bertz CT molecular complexity index is 198. The van der Waals surface area contributed by atoms with Gasteiger partial charge in [-0.3, -0.25) is 0 Å². The Morgan fingerprint density at radius 1 is 1.46 bits per heavy atom. The Kier molecular flexibility index (Phi) is 2.40. The van der Waals surface area contributed by atoms with Crippen LogP contribution in [0.2, 0.25) is 0 Å². The van der Waals surface area contributed by atoms with Gasteiger partial charge in [-0.25, -0.2) is 4.79 Å². The number of nitrogens with one attached hydrogen (secondary N) is 1. The van der Waals surface area contributed by atoms with Crippen molar-refractivity contribution in [2.75, 3.05) is 19.7 Å². The highest BCUT2D eigenvalue weighted by molar-refractivity contribution is 5.75. The molecule has 1 saturated carbocycles. The molecule has 4 nitrogen and oxygen atoms in total. The highest BCUT2D eigenvalue weighted by Crippen LogP contribution is 2.20. The molecular formula is C9H16N2O2. The number of likely N-dealkylation sites (tertiary alicyclic amines) is 1. The number of nitrogens with zero attached hydrogens (tertiary/aromatic N) is 1. The normalized spacial score (nSPS) is 23.6. The first-order valence-corrected chi connectivity index (χ1v) is 4.96. The number of hydrogen-bond donors (Lipinski definition) is 2. The van der Waals surface area contributed by atoms with Gasteiger partial charge in [-0.1, -0.05) is 0 Å². The lowest BCUT2D eigenvalue weighted by Crippen LogP contribution is -2.57. The standard InChI is InChI=1S/C9H16N2O2/c12-6-7-4-11(5-7)9(13)10-8-2-1-3-8/h7-8,12H,1-6H2,(H,10,13). The molecule has 2 N–H and O–H groups in total. The van der Waals surface area contributed by atoms with E-state index in [9.17, 15) is 4.79 Å². The SMILES string of the molecule is O=C(NC1CCC1)N1CC(CO)C1. The maximum Gasteiger partial charge on any atom is 0.317 e. The predicted octanol–water partition coefficient (Wildman–Crippen LogP) is 0.173. The molecule has 0 spiro atoms. The Hall–Kier alpha value is -0.770. The summed E-state index contributed by atoms with van der Waals surface area (Å²) in [7, 11) is 0. The Morgan fingerprint density at radius 2 is 2.15 bits per heavy atom. The van der Waals surface area contributed by atoms with Gasteiger partial charge in [-0.05, 0) is 19.3 Å². The van der Waals surface area contributed by atoms with Crippen molar-refractivity contribution in [3.05, 3.63) is 0 Å². The number of aliphatic hydroxyl groups is 1. The van der Waals surface area contributed by atoms with E-state index >= 15 is 0 Å². The van der Waals surface area contributed by atoms with Crippen LogP contribution >= 0.6 is 0 Å². The molecule has 13 heavy (non-hydrogen) atoms. The Balaban J connectivity index is 1.67. The lowest BCUT2D eigenvalue weighted by atomic mass is 9.93. The first-order chi connectivity index (χ1) is 6.29. The van der Waals surface area contributed by atoms with Gasteiger partial charge in [0, 0.05) is 31.7 Å². The van der Waals surface area contributed by atoms with Crippen LogP contribution in [0.15, 0.2) is 0 Å². The number of amides is 2. The highest BCUT2D eigenvalue weighted by Gasteiger charge is 2.31. The van der Waals surface area contributed by atoms with Crippen LogP contribution in [0.4, 0.5) is 4.79 Å². The third kappa shape index (κ3) is 1.77. The van der Waals surface area contributed by atoms with Crippen LogP contribution in [-0.4, -0.2) is 41.8 Å². The van der Waals surface area contributed by atoms with Crippen molar-refractivity contribution in [1.82, 2.24) is 10.2 Å². The van der Waals surface area contributed by atoms with Crippen molar-refractivity contribution in [3.63, 3.8) is 0 Å². The summed E-state index contributed by atoms with van der Waals surface area (Å²) < 4.78 is 0. The molecule has 0 bridgehead atoms. The molecule has 0 aromatic carbocycles. The van der Waals surface area contributed by atoms with Crippen molar-refractivity contribution >= 4 is 6.03 Å². The van der Waals surface area contributed by atoms with Gasteiger partial charge in [0.1, 0.15) is 0 Å². The number of hydrogen-bond acceptors (Lipinski definition) is 2. The molecule has 0 aromatic rings. The zero-order valence-corrected chi connectivity index (χ0v) is 7.70. The van der Waals surface area contributed by atoms with Gasteiger partial charge in [-0.15, -0.1) is 0 Å². The second kappa shape index (κ2) is 3.54. The smallest absolute Gasteiger partial charge is 0.317 e. The topological polar surface area (TPSA) is 52.6 Å². The van der Waals surface area contributed by atoms with E-state index in [1.165, 1.54) is 6.42 Å². The van der Waals surface area contributed by atoms with Gasteiger partial charge in [0.05, 0.1) is 0 Å². The van der Waals surface area contributed by atoms with Crippen molar-refractivity contribution in [1.29, 1.82) is 0 Å². The summed E-state index contributed by atoms with van der Waals surface area (Å²) in [5, 5.41) is 11.7. The summed E-state index contributed by atoms with van der Waals surface area (Å²) in [5.74, 6) is 0.312. The maximum atomic E-state index is 11.4. The number of aliphatic hydroxyl groups excluding tert-OH is 1. The lowest BCUT2D eigenvalue weighted by Gasteiger charge is -2.40. The molecule has 1 aliphatic heterocycles. The first-order valence-electron chi connectivity index (χ1n) is 4.96. The lowest BCUT2D eigenvalue weighted by molar-refractivity contribution is 0.0746. The van der Waals surface area contributed by atoms with Crippen LogP contribution in [0.1, 0.15) is 19.3 Å². The van der Waals surface area contributed by atoms with Crippen LogP contribution in [-0.2, 0) is 0 Å². The third-order valence-electron chi connectivity index (χ3n) is 2.94. The summed E-state index contributed by atoms with van der Waals surface area (Å²) in [6.07, 6.45) is 3.50. The molecule has 2 aliphatic rings. The molecule has 4 heteroatoms. The molecule has 0 aromatic heterocycles. The van der Waals surface area contributed by atoms with Crippen LogP contribution in [0, 0.1) is 5.92 Å². The Morgan fingerprint density at radius 3 is 2.62 bits per heavy atom. The van der Waals surface area contributed by atoms with Crippen molar-refractivity contribution < 1.29 is 9.90 Å². The number of rotatable bonds is 2. The van der Waals surface area contributed by atoms with E-state index in [1.54, 1.807) is 4.90 Å². The van der Waals surface area contributed by atoms with E-state index in [0.29, 0.717) is 12.0 Å². The molecular weight excluding hydrogens is 168 g/mol. The number of carbonyl (C=O) groups excluding carboxylic acids is 1. The first kappa shape index (κ1) is 8.81.